The molecular weight excluding hydrogens is 314 g/mol. The van der Waals surface area contributed by atoms with Gasteiger partial charge in [-0.15, -0.1) is 0 Å². The van der Waals surface area contributed by atoms with Gasteiger partial charge in [0.1, 0.15) is 5.69 Å². The number of nitrogens with zero attached hydrogens (tertiary/aromatic N) is 4. The molecule has 1 atom stereocenters. The zero-order chi connectivity index (χ0) is 17.6. The molecule has 25 heavy (non-hydrogen) atoms. The zero-order valence-corrected chi connectivity index (χ0v) is 14.9. The maximum atomic E-state index is 12.9. The van der Waals surface area contributed by atoms with Crippen molar-refractivity contribution in [3.05, 3.63) is 47.5 Å². The minimum Gasteiger partial charge on any atom is -0.350 e. The zero-order valence-electron chi connectivity index (χ0n) is 14.9. The molecule has 3 rings (SSSR count). The molecule has 3 heterocycles. The van der Waals surface area contributed by atoms with Gasteiger partial charge in [-0.05, 0) is 50.3 Å². The molecule has 2 aromatic heterocycles. The van der Waals surface area contributed by atoms with Gasteiger partial charge in [0.05, 0.1) is 0 Å². The SMILES string of the molecule is CCC1CCCCN1C(=O)c1cc(C)nc(NCc2cccnc2)n1. The number of piperidine rings is 1. The Balaban J connectivity index is 1.75. The average molecular weight is 339 g/mol. The van der Waals surface area contributed by atoms with E-state index < -0.39 is 0 Å². The van der Waals surface area contributed by atoms with Crippen LogP contribution in [-0.2, 0) is 6.54 Å². The minimum atomic E-state index is 0.0153. The second kappa shape index (κ2) is 8.05. The van der Waals surface area contributed by atoms with Gasteiger partial charge < -0.3 is 10.2 Å². The van der Waals surface area contributed by atoms with Crippen molar-refractivity contribution >= 4 is 11.9 Å². The molecule has 1 aliphatic rings. The number of amides is 1. The van der Waals surface area contributed by atoms with Crippen LogP contribution in [0.3, 0.4) is 0 Å². The first-order chi connectivity index (χ1) is 12.2. The number of carbonyl (C=O) groups is 1. The Kier molecular flexibility index (Phi) is 5.58. The van der Waals surface area contributed by atoms with E-state index in [0.29, 0.717) is 24.2 Å². The van der Waals surface area contributed by atoms with Gasteiger partial charge in [-0.25, -0.2) is 9.97 Å². The molecule has 0 aromatic carbocycles. The number of carbonyl (C=O) groups excluding carboxylic acids is 1. The van der Waals surface area contributed by atoms with Crippen LogP contribution < -0.4 is 5.32 Å². The van der Waals surface area contributed by atoms with E-state index in [1.165, 1.54) is 6.42 Å². The molecule has 0 spiro atoms. The quantitative estimate of drug-likeness (QED) is 0.906. The lowest BCUT2D eigenvalue weighted by Crippen LogP contribution is -2.43. The lowest BCUT2D eigenvalue weighted by atomic mass is 9.99. The topological polar surface area (TPSA) is 71.0 Å². The fourth-order valence-electron chi connectivity index (χ4n) is 3.28. The molecule has 1 aliphatic heterocycles. The van der Waals surface area contributed by atoms with Gasteiger partial charge >= 0.3 is 0 Å². The van der Waals surface area contributed by atoms with E-state index in [1.54, 1.807) is 18.5 Å². The van der Waals surface area contributed by atoms with Gasteiger partial charge in [0.25, 0.3) is 5.91 Å². The smallest absolute Gasteiger partial charge is 0.272 e. The lowest BCUT2D eigenvalue weighted by Gasteiger charge is -2.35. The predicted octanol–water partition coefficient (Wildman–Crippen LogP) is 3.20. The van der Waals surface area contributed by atoms with Gasteiger partial charge in [0.2, 0.25) is 5.95 Å². The van der Waals surface area contributed by atoms with Crippen LogP contribution in [0.5, 0.6) is 0 Å². The fraction of sp³-hybridized carbons (Fsp3) is 0.474. The molecule has 0 radical (unpaired) electrons. The van der Waals surface area contributed by atoms with E-state index in [1.807, 2.05) is 24.0 Å². The van der Waals surface area contributed by atoms with Gasteiger partial charge in [-0.3, -0.25) is 9.78 Å². The van der Waals surface area contributed by atoms with Crippen LogP contribution in [0, 0.1) is 6.92 Å². The van der Waals surface area contributed by atoms with Crippen LogP contribution in [0.1, 0.15) is 54.4 Å². The molecular formula is C19H25N5O. The first kappa shape index (κ1) is 17.3. The maximum absolute atomic E-state index is 12.9. The van der Waals surface area contributed by atoms with Crippen LogP contribution in [0.2, 0.25) is 0 Å². The average Bonchev–Trinajstić information content (AvgIpc) is 2.66. The van der Waals surface area contributed by atoms with Crippen molar-refractivity contribution in [2.75, 3.05) is 11.9 Å². The number of aromatic nitrogens is 3. The molecule has 0 bridgehead atoms. The third kappa shape index (κ3) is 4.32. The summed E-state index contributed by atoms with van der Waals surface area (Å²) in [5, 5.41) is 3.19. The van der Waals surface area contributed by atoms with Crippen LogP contribution in [0.25, 0.3) is 0 Å². The molecule has 1 fully saturated rings. The lowest BCUT2D eigenvalue weighted by molar-refractivity contribution is 0.0602. The first-order valence-electron chi connectivity index (χ1n) is 8.97. The van der Waals surface area contributed by atoms with E-state index in [-0.39, 0.29) is 5.91 Å². The second-order valence-corrected chi connectivity index (χ2v) is 6.49. The third-order valence-electron chi connectivity index (χ3n) is 4.61. The van der Waals surface area contributed by atoms with Crippen LogP contribution in [-0.4, -0.2) is 38.3 Å². The first-order valence-corrected chi connectivity index (χ1v) is 8.97. The molecule has 132 valence electrons. The van der Waals surface area contributed by atoms with E-state index in [9.17, 15) is 4.79 Å². The number of anilines is 1. The summed E-state index contributed by atoms with van der Waals surface area (Å²) >= 11 is 0. The molecule has 1 saturated heterocycles. The highest BCUT2D eigenvalue weighted by atomic mass is 16.2. The molecule has 1 amide bonds. The molecule has 6 nitrogen and oxygen atoms in total. The minimum absolute atomic E-state index is 0.0153. The largest absolute Gasteiger partial charge is 0.350 e. The van der Waals surface area contributed by atoms with Crippen molar-refractivity contribution in [2.24, 2.45) is 0 Å². The predicted molar refractivity (Wildman–Crippen MR) is 97.3 cm³/mol. The summed E-state index contributed by atoms with van der Waals surface area (Å²) in [5.74, 6) is 0.499. The third-order valence-corrected chi connectivity index (χ3v) is 4.61. The standard InChI is InChI=1S/C19H25N5O/c1-3-16-8-4-5-10-24(16)18(25)17-11-14(2)22-19(23-17)21-13-15-7-6-9-20-12-15/h6-7,9,11-12,16H,3-5,8,10,13H2,1-2H3,(H,21,22,23). The van der Waals surface area contributed by atoms with E-state index >= 15 is 0 Å². The van der Waals surface area contributed by atoms with E-state index in [0.717, 1.165) is 37.1 Å². The summed E-state index contributed by atoms with van der Waals surface area (Å²) in [4.78, 5) is 27.9. The summed E-state index contributed by atoms with van der Waals surface area (Å²) in [7, 11) is 0. The van der Waals surface area contributed by atoms with Crippen LogP contribution in [0.4, 0.5) is 5.95 Å². The van der Waals surface area contributed by atoms with Crippen molar-refractivity contribution in [1.29, 1.82) is 0 Å². The Hall–Kier alpha value is -2.50. The Morgan fingerprint density at radius 1 is 1.36 bits per heavy atom. The van der Waals surface area contributed by atoms with Crippen molar-refractivity contribution in [3.8, 4) is 0 Å². The molecule has 1 unspecified atom stereocenters. The number of rotatable bonds is 5. The summed E-state index contributed by atoms with van der Waals surface area (Å²) in [5.41, 5.74) is 2.31. The summed E-state index contributed by atoms with van der Waals surface area (Å²) in [6.07, 6.45) is 7.88. The van der Waals surface area contributed by atoms with Crippen LogP contribution >= 0.6 is 0 Å². The molecule has 1 N–H and O–H groups in total. The van der Waals surface area contributed by atoms with Crippen molar-refractivity contribution in [1.82, 2.24) is 19.9 Å². The number of pyridine rings is 1. The molecule has 0 aliphatic carbocycles. The van der Waals surface area contributed by atoms with Crippen molar-refractivity contribution in [3.63, 3.8) is 0 Å². The summed E-state index contributed by atoms with van der Waals surface area (Å²) in [6, 6.07) is 5.98. The molecule has 0 saturated carbocycles. The van der Waals surface area contributed by atoms with Gasteiger partial charge in [0.15, 0.2) is 0 Å². The fourth-order valence-corrected chi connectivity index (χ4v) is 3.28. The van der Waals surface area contributed by atoms with Gasteiger partial charge in [-0.2, -0.15) is 0 Å². The Labute approximate surface area is 148 Å². The van der Waals surface area contributed by atoms with E-state index in [4.69, 9.17) is 0 Å². The second-order valence-electron chi connectivity index (χ2n) is 6.49. The summed E-state index contributed by atoms with van der Waals surface area (Å²) < 4.78 is 0. The van der Waals surface area contributed by atoms with Crippen LogP contribution in [0.15, 0.2) is 30.6 Å². The number of likely N-dealkylation sites (tertiary alicyclic amines) is 1. The Morgan fingerprint density at radius 3 is 3.00 bits per heavy atom. The van der Waals surface area contributed by atoms with Crippen molar-refractivity contribution < 1.29 is 4.79 Å². The highest BCUT2D eigenvalue weighted by Crippen LogP contribution is 2.21. The Morgan fingerprint density at radius 2 is 2.24 bits per heavy atom. The Bertz CT molecular complexity index is 719. The summed E-state index contributed by atoms with van der Waals surface area (Å²) in [6.45, 7) is 5.43. The molecule has 2 aromatic rings. The number of aryl methyl sites for hydroxylation is 1. The number of hydrogen-bond donors (Lipinski definition) is 1. The normalized spacial score (nSPS) is 17.4. The highest BCUT2D eigenvalue weighted by Gasteiger charge is 2.27. The number of hydrogen-bond acceptors (Lipinski definition) is 5. The monoisotopic (exact) mass is 339 g/mol. The number of nitrogens with one attached hydrogen (secondary N) is 1. The van der Waals surface area contributed by atoms with Crippen molar-refractivity contribution in [2.45, 2.75) is 52.1 Å². The van der Waals surface area contributed by atoms with E-state index in [2.05, 4.69) is 27.2 Å². The van der Waals surface area contributed by atoms with Gasteiger partial charge in [0, 0.05) is 37.2 Å². The maximum Gasteiger partial charge on any atom is 0.272 e. The highest BCUT2D eigenvalue weighted by molar-refractivity contribution is 5.93. The molecule has 6 heteroatoms. The van der Waals surface area contributed by atoms with Gasteiger partial charge in [-0.1, -0.05) is 13.0 Å².